The third kappa shape index (κ3) is 6.92. The standard InChI is InChI=1S/C16H24N2O4S/c1-12(2)7-9-17-16(20)8-10-18-23(21,22)15-6-4-5-14(11-15)13(3)19/h4-6,11-12,18H,7-10H2,1-3H3,(H,17,20). The molecular formula is C16H24N2O4S. The van der Waals surface area contributed by atoms with E-state index in [4.69, 9.17) is 0 Å². The molecular weight excluding hydrogens is 316 g/mol. The summed E-state index contributed by atoms with van der Waals surface area (Å²) in [6, 6.07) is 5.82. The number of hydrogen-bond acceptors (Lipinski definition) is 4. The van der Waals surface area contributed by atoms with Crippen molar-refractivity contribution in [1.29, 1.82) is 0 Å². The second kappa shape index (κ2) is 8.79. The number of carbonyl (C=O) groups is 2. The molecule has 0 heterocycles. The van der Waals surface area contributed by atoms with Crippen LogP contribution in [0.15, 0.2) is 29.2 Å². The Balaban J connectivity index is 2.51. The lowest BCUT2D eigenvalue weighted by Gasteiger charge is -2.09. The molecule has 0 saturated heterocycles. The van der Waals surface area contributed by atoms with Gasteiger partial charge >= 0.3 is 0 Å². The average molecular weight is 340 g/mol. The zero-order valence-electron chi connectivity index (χ0n) is 13.8. The van der Waals surface area contributed by atoms with Crippen LogP contribution in [0.2, 0.25) is 0 Å². The average Bonchev–Trinajstić information content (AvgIpc) is 2.46. The number of benzene rings is 1. The molecule has 0 aliphatic heterocycles. The van der Waals surface area contributed by atoms with Crippen LogP contribution in [0.4, 0.5) is 0 Å². The van der Waals surface area contributed by atoms with Crippen molar-refractivity contribution in [3.63, 3.8) is 0 Å². The summed E-state index contributed by atoms with van der Waals surface area (Å²) in [5.41, 5.74) is 0.333. The van der Waals surface area contributed by atoms with Crippen molar-refractivity contribution in [2.45, 2.75) is 38.5 Å². The summed E-state index contributed by atoms with van der Waals surface area (Å²) in [6.45, 7) is 6.11. The third-order valence-electron chi connectivity index (χ3n) is 3.24. The first-order valence-corrected chi connectivity index (χ1v) is 9.08. The normalized spacial score (nSPS) is 11.5. The third-order valence-corrected chi connectivity index (χ3v) is 4.70. The summed E-state index contributed by atoms with van der Waals surface area (Å²) in [7, 11) is -3.73. The van der Waals surface area contributed by atoms with Gasteiger partial charge in [-0.25, -0.2) is 13.1 Å². The van der Waals surface area contributed by atoms with Crippen molar-refractivity contribution in [2.75, 3.05) is 13.1 Å². The molecule has 0 radical (unpaired) electrons. The largest absolute Gasteiger partial charge is 0.356 e. The number of nitrogens with one attached hydrogen (secondary N) is 2. The molecule has 1 aromatic carbocycles. The molecule has 128 valence electrons. The van der Waals surface area contributed by atoms with E-state index in [1.807, 2.05) is 0 Å². The zero-order chi connectivity index (χ0) is 17.5. The summed E-state index contributed by atoms with van der Waals surface area (Å²) >= 11 is 0. The van der Waals surface area contributed by atoms with Gasteiger partial charge in [0.05, 0.1) is 4.90 Å². The minimum absolute atomic E-state index is 0.0140. The predicted molar refractivity (Wildman–Crippen MR) is 88.7 cm³/mol. The van der Waals surface area contributed by atoms with Gasteiger partial charge in [-0.1, -0.05) is 26.0 Å². The van der Waals surface area contributed by atoms with Crippen LogP contribution in [0.25, 0.3) is 0 Å². The van der Waals surface area contributed by atoms with E-state index >= 15 is 0 Å². The summed E-state index contributed by atoms with van der Waals surface area (Å²) in [5, 5.41) is 2.75. The van der Waals surface area contributed by atoms with Crippen LogP contribution in [0.5, 0.6) is 0 Å². The second-order valence-electron chi connectivity index (χ2n) is 5.76. The molecule has 0 aliphatic carbocycles. The fourth-order valence-corrected chi connectivity index (χ4v) is 2.93. The van der Waals surface area contributed by atoms with Gasteiger partial charge in [0, 0.05) is 25.1 Å². The number of Topliss-reactive ketones (excluding diaryl/α,β-unsaturated/α-hetero) is 1. The Morgan fingerprint density at radius 3 is 2.48 bits per heavy atom. The van der Waals surface area contributed by atoms with Gasteiger partial charge in [0.15, 0.2) is 5.78 Å². The highest BCUT2D eigenvalue weighted by atomic mass is 32.2. The minimum atomic E-state index is -3.73. The van der Waals surface area contributed by atoms with Crippen molar-refractivity contribution in [1.82, 2.24) is 10.0 Å². The van der Waals surface area contributed by atoms with Gasteiger partial charge < -0.3 is 5.32 Å². The Kier molecular flexibility index (Phi) is 7.38. The topological polar surface area (TPSA) is 92.3 Å². The Morgan fingerprint density at radius 2 is 1.87 bits per heavy atom. The molecule has 0 saturated carbocycles. The van der Waals surface area contributed by atoms with Crippen LogP contribution in [0, 0.1) is 5.92 Å². The van der Waals surface area contributed by atoms with Crippen LogP contribution in [0.3, 0.4) is 0 Å². The molecule has 0 aliphatic rings. The van der Waals surface area contributed by atoms with Gasteiger partial charge in [0.1, 0.15) is 0 Å². The van der Waals surface area contributed by atoms with E-state index in [9.17, 15) is 18.0 Å². The van der Waals surface area contributed by atoms with Gasteiger partial charge in [0.25, 0.3) is 0 Å². The number of carbonyl (C=O) groups excluding carboxylic acids is 2. The summed E-state index contributed by atoms with van der Waals surface area (Å²) in [5.74, 6) is 0.111. The zero-order valence-corrected chi connectivity index (χ0v) is 14.6. The predicted octanol–water partition coefficient (Wildman–Crippen LogP) is 1.72. The van der Waals surface area contributed by atoms with Gasteiger partial charge in [-0.3, -0.25) is 9.59 Å². The van der Waals surface area contributed by atoms with E-state index in [1.54, 1.807) is 6.07 Å². The molecule has 7 heteroatoms. The summed E-state index contributed by atoms with van der Waals surface area (Å²) < 4.78 is 26.6. The maximum Gasteiger partial charge on any atom is 0.240 e. The molecule has 0 spiro atoms. The van der Waals surface area contributed by atoms with Crippen LogP contribution in [-0.2, 0) is 14.8 Å². The fourth-order valence-electron chi connectivity index (χ4n) is 1.85. The molecule has 1 rings (SSSR count). The van der Waals surface area contributed by atoms with E-state index in [2.05, 4.69) is 23.9 Å². The van der Waals surface area contributed by atoms with E-state index in [0.29, 0.717) is 18.0 Å². The lowest BCUT2D eigenvalue weighted by molar-refractivity contribution is -0.120. The number of amides is 1. The summed E-state index contributed by atoms with van der Waals surface area (Å²) in [6.07, 6.45) is 0.957. The van der Waals surface area contributed by atoms with Crippen molar-refractivity contribution in [3.05, 3.63) is 29.8 Å². The molecule has 0 unspecified atom stereocenters. The van der Waals surface area contributed by atoms with E-state index < -0.39 is 10.0 Å². The number of sulfonamides is 1. The van der Waals surface area contributed by atoms with Gasteiger partial charge in [-0.05, 0) is 31.4 Å². The highest BCUT2D eigenvalue weighted by Gasteiger charge is 2.15. The van der Waals surface area contributed by atoms with Crippen molar-refractivity contribution >= 4 is 21.7 Å². The Bertz CT molecular complexity index is 654. The lowest BCUT2D eigenvalue weighted by atomic mass is 10.1. The number of hydrogen-bond donors (Lipinski definition) is 2. The first kappa shape index (κ1) is 19.3. The van der Waals surface area contributed by atoms with Crippen LogP contribution in [-0.4, -0.2) is 33.2 Å². The molecule has 0 bridgehead atoms. The molecule has 0 aromatic heterocycles. The van der Waals surface area contributed by atoms with E-state index in [0.717, 1.165) is 6.42 Å². The minimum Gasteiger partial charge on any atom is -0.356 e. The van der Waals surface area contributed by atoms with Gasteiger partial charge in [0.2, 0.25) is 15.9 Å². The first-order valence-electron chi connectivity index (χ1n) is 7.59. The molecule has 1 amide bonds. The molecule has 6 nitrogen and oxygen atoms in total. The van der Waals surface area contributed by atoms with E-state index in [1.165, 1.54) is 25.1 Å². The van der Waals surface area contributed by atoms with Crippen LogP contribution >= 0.6 is 0 Å². The van der Waals surface area contributed by atoms with Gasteiger partial charge in [-0.2, -0.15) is 0 Å². The monoisotopic (exact) mass is 340 g/mol. The van der Waals surface area contributed by atoms with Gasteiger partial charge in [-0.15, -0.1) is 0 Å². The van der Waals surface area contributed by atoms with Crippen molar-refractivity contribution in [3.8, 4) is 0 Å². The maximum atomic E-state index is 12.1. The lowest BCUT2D eigenvalue weighted by Crippen LogP contribution is -2.31. The molecule has 2 N–H and O–H groups in total. The molecule has 0 fully saturated rings. The van der Waals surface area contributed by atoms with Crippen molar-refractivity contribution in [2.24, 2.45) is 5.92 Å². The Labute approximate surface area is 137 Å². The van der Waals surface area contributed by atoms with Crippen LogP contribution < -0.4 is 10.0 Å². The smallest absolute Gasteiger partial charge is 0.240 e. The quantitative estimate of drug-likeness (QED) is 0.670. The first-order chi connectivity index (χ1) is 10.7. The Hall–Kier alpha value is -1.73. The molecule has 23 heavy (non-hydrogen) atoms. The maximum absolute atomic E-state index is 12.1. The highest BCUT2D eigenvalue weighted by Crippen LogP contribution is 2.11. The van der Waals surface area contributed by atoms with E-state index in [-0.39, 0.29) is 29.6 Å². The number of rotatable bonds is 9. The number of ketones is 1. The molecule has 0 atom stereocenters. The molecule has 1 aromatic rings. The fraction of sp³-hybridized carbons (Fsp3) is 0.500. The highest BCUT2D eigenvalue weighted by molar-refractivity contribution is 7.89. The van der Waals surface area contributed by atoms with Crippen molar-refractivity contribution < 1.29 is 18.0 Å². The Morgan fingerprint density at radius 1 is 1.17 bits per heavy atom. The SMILES string of the molecule is CC(=O)c1cccc(S(=O)(=O)NCCC(=O)NCCC(C)C)c1. The summed E-state index contributed by atoms with van der Waals surface area (Å²) in [4.78, 5) is 22.9. The second-order valence-corrected chi connectivity index (χ2v) is 7.53. The van der Waals surface area contributed by atoms with Crippen LogP contribution in [0.1, 0.15) is 44.0 Å².